The van der Waals surface area contributed by atoms with Gasteiger partial charge in [-0.25, -0.2) is 4.79 Å². The minimum absolute atomic E-state index is 0.121. The van der Waals surface area contributed by atoms with Crippen LogP contribution in [0.1, 0.15) is 27.7 Å². The van der Waals surface area contributed by atoms with Gasteiger partial charge in [-0.2, -0.15) is 0 Å². The highest BCUT2D eigenvalue weighted by Gasteiger charge is 2.35. The average Bonchev–Trinajstić information content (AvgIpc) is 2.00. The highest BCUT2D eigenvalue weighted by atomic mass is 31.2. The molecule has 0 aliphatic carbocycles. The molecule has 0 unspecified atom stereocenters. The second kappa shape index (κ2) is 4.71. The molecule has 0 N–H and O–H groups in total. The van der Waals surface area contributed by atoms with Gasteiger partial charge in [0.05, 0.1) is 18.5 Å². The van der Waals surface area contributed by atoms with Gasteiger partial charge in [-0.1, -0.05) is 0 Å². The molecule has 0 aliphatic rings. The van der Waals surface area contributed by atoms with Gasteiger partial charge < -0.3 is 4.52 Å². The minimum Gasteiger partial charge on any atom is -0.314 e. The first kappa shape index (κ1) is 10.9. The van der Waals surface area contributed by atoms with Crippen LogP contribution in [-0.4, -0.2) is 24.5 Å². The van der Waals surface area contributed by atoms with E-state index in [0.717, 1.165) is 18.5 Å². The van der Waals surface area contributed by atoms with E-state index in [0.29, 0.717) is 0 Å². The van der Waals surface area contributed by atoms with Crippen molar-refractivity contribution in [3.8, 4) is 0 Å². The van der Waals surface area contributed by atoms with Gasteiger partial charge in [0.15, 0.2) is 7.49 Å². The van der Waals surface area contributed by atoms with Crippen LogP contribution >= 0.6 is 7.49 Å². The Kier molecular flexibility index (Phi) is 4.67. The van der Waals surface area contributed by atoms with E-state index in [1.807, 2.05) is 0 Å². The van der Waals surface area contributed by atoms with E-state index in [-0.39, 0.29) is 5.97 Å². The summed E-state index contributed by atoms with van der Waals surface area (Å²) in [6.45, 7) is 7.80. The summed E-state index contributed by atoms with van der Waals surface area (Å²) in [6.07, 6.45) is 3.04. The van der Waals surface area contributed by atoms with Crippen LogP contribution < -0.4 is 0 Å². The Hall–Kier alpha value is -0.100. The van der Waals surface area contributed by atoms with Crippen LogP contribution in [0.15, 0.2) is 0 Å². The van der Waals surface area contributed by atoms with E-state index in [1.54, 1.807) is 0 Å². The van der Waals surface area contributed by atoms with Crippen molar-refractivity contribution in [1.82, 2.24) is 0 Å². The van der Waals surface area contributed by atoms with Crippen LogP contribution in [0, 0.1) is 0 Å². The third-order valence-electron chi connectivity index (χ3n) is 2.05. The zero-order valence-corrected chi connectivity index (χ0v) is 8.78. The van der Waals surface area contributed by atoms with Crippen molar-refractivity contribution in [2.45, 2.75) is 27.7 Å². The molecule has 0 aromatic rings. The molecule has 0 aromatic heterocycles. The first-order valence-corrected chi connectivity index (χ1v) is 6.42. The highest BCUT2D eigenvalue weighted by Crippen LogP contribution is 2.58. The molecule has 0 amide bonds. The van der Waals surface area contributed by atoms with E-state index in [4.69, 9.17) is 4.52 Å². The van der Waals surface area contributed by atoms with E-state index < -0.39 is 7.49 Å². The van der Waals surface area contributed by atoms with Crippen molar-refractivity contribution in [1.29, 1.82) is 0 Å². The molecule has 0 spiro atoms. The van der Waals surface area contributed by atoms with Crippen LogP contribution in [0.2, 0.25) is 0 Å². The van der Waals surface area contributed by atoms with E-state index >= 15 is 0 Å². The van der Waals surface area contributed by atoms with Crippen LogP contribution in [0.25, 0.3) is 0 Å². The second-order valence-electron chi connectivity index (χ2n) is 2.59. The van der Waals surface area contributed by atoms with Crippen molar-refractivity contribution in [3.63, 3.8) is 0 Å². The molecular formula is C8H18O2P+. The van der Waals surface area contributed by atoms with Crippen LogP contribution in [0.4, 0.5) is 0 Å². The zero-order chi connectivity index (χ0) is 8.91. The fraction of sp³-hybridized carbons (Fsp3) is 0.875. The molecule has 0 saturated heterocycles. The smallest absolute Gasteiger partial charge is 0.314 e. The molecule has 0 atom stereocenters. The lowest BCUT2D eigenvalue weighted by Gasteiger charge is -2.19. The van der Waals surface area contributed by atoms with Crippen molar-refractivity contribution < 1.29 is 9.32 Å². The first-order valence-electron chi connectivity index (χ1n) is 4.16. The summed E-state index contributed by atoms with van der Waals surface area (Å²) in [4.78, 5) is 10.7. The predicted octanol–water partition coefficient (Wildman–Crippen LogP) is 2.54. The second-order valence-corrected chi connectivity index (χ2v) is 6.79. The largest absolute Gasteiger partial charge is 0.346 e. The lowest BCUT2D eigenvalue weighted by molar-refractivity contribution is -0.131. The molecule has 0 saturated carbocycles. The van der Waals surface area contributed by atoms with Gasteiger partial charge in [-0.3, -0.25) is 0 Å². The predicted molar refractivity (Wildman–Crippen MR) is 50.3 cm³/mol. The van der Waals surface area contributed by atoms with Gasteiger partial charge >= 0.3 is 5.97 Å². The average molecular weight is 177 g/mol. The number of hydrogen-bond acceptors (Lipinski definition) is 2. The molecule has 2 nitrogen and oxygen atoms in total. The number of hydrogen-bond donors (Lipinski definition) is 0. The maximum atomic E-state index is 10.7. The fourth-order valence-electron chi connectivity index (χ4n) is 1.14. The lowest BCUT2D eigenvalue weighted by Crippen LogP contribution is -2.10. The van der Waals surface area contributed by atoms with Crippen molar-refractivity contribution in [2.24, 2.45) is 0 Å². The molecule has 3 heteroatoms. The quantitative estimate of drug-likeness (QED) is 0.617. The number of rotatable bonds is 4. The zero-order valence-electron chi connectivity index (χ0n) is 7.89. The summed E-state index contributed by atoms with van der Waals surface area (Å²) in [5, 5.41) is 0. The Morgan fingerprint density at radius 2 is 1.55 bits per heavy atom. The molecule has 0 heterocycles. The fourth-order valence-corrected chi connectivity index (χ4v) is 3.41. The van der Waals surface area contributed by atoms with Crippen LogP contribution in [0.5, 0.6) is 0 Å². The van der Waals surface area contributed by atoms with Gasteiger partial charge in [-0.15, -0.1) is 0 Å². The monoisotopic (exact) mass is 177 g/mol. The van der Waals surface area contributed by atoms with E-state index in [9.17, 15) is 4.79 Å². The molecule has 0 bridgehead atoms. The lowest BCUT2D eigenvalue weighted by atomic mass is 10.9. The van der Waals surface area contributed by atoms with Crippen molar-refractivity contribution in [2.75, 3.05) is 18.5 Å². The summed E-state index contributed by atoms with van der Waals surface area (Å²) in [7, 11) is -1.34. The molecule has 0 aliphatic heterocycles. The standard InChI is InChI=1S/C8H18O2P/c1-5-11(6-2,7-3)10-8(4)9/h5-7H2,1-4H3/q+1. The Labute approximate surface area is 69.7 Å². The van der Waals surface area contributed by atoms with Gasteiger partial charge in [-0.05, 0) is 20.8 Å². The SMILES string of the molecule is CC[P+](CC)(CC)OC(C)=O. The van der Waals surface area contributed by atoms with Gasteiger partial charge in [0.1, 0.15) is 0 Å². The van der Waals surface area contributed by atoms with E-state index in [2.05, 4.69) is 20.8 Å². The maximum Gasteiger partial charge on any atom is 0.346 e. The number of carbonyl (C=O) groups is 1. The molecule has 0 fully saturated rings. The third-order valence-corrected chi connectivity index (χ3v) is 6.15. The van der Waals surface area contributed by atoms with Crippen LogP contribution in [0.3, 0.4) is 0 Å². The summed E-state index contributed by atoms with van der Waals surface area (Å²) in [5.74, 6) is -0.121. The van der Waals surface area contributed by atoms with Gasteiger partial charge in [0, 0.05) is 6.92 Å². The minimum atomic E-state index is -1.34. The molecular weight excluding hydrogens is 159 g/mol. The topological polar surface area (TPSA) is 26.3 Å². The molecule has 0 rings (SSSR count). The van der Waals surface area contributed by atoms with E-state index in [1.165, 1.54) is 6.92 Å². The Morgan fingerprint density at radius 3 is 1.64 bits per heavy atom. The Balaban J connectivity index is 4.16. The van der Waals surface area contributed by atoms with Gasteiger partial charge in [0.2, 0.25) is 0 Å². The summed E-state index contributed by atoms with van der Waals surface area (Å²) in [6, 6.07) is 0. The Morgan fingerprint density at radius 1 is 1.18 bits per heavy atom. The summed E-state index contributed by atoms with van der Waals surface area (Å²) >= 11 is 0. The Bertz CT molecular complexity index is 122. The summed E-state index contributed by atoms with van der Waals surface area (Å²) in [5.41, 5.74) is 0. The third kappa shape index (κ3) is 3.20. The molecule has 11 heavy (non-hydrogen) atoms. The van der Waals surface area contributed by atoms with Crippen molar-refractivity contribution >= 4 is 13.5 Å². The van der Waals surface area contributed by atoms with Gasteiger partial charge in [0.25, 0.3) is 0 Å². The number of carbonyl (C=O) groups excluding carboxylic acids is 1. The maximum absolute atomic E-state index is 10.7. The summed E-state index contributed by atoms with van der Waals surface area (Å²) < 4.78 is 5.36. The van der Waals surface area contributed by atoms with Crippen molar-refractivity contribution in [3.05, 3.63) is 0 Å². The highest BCUT2D eigenvalue weighted by molar-refractivity contribution is 7.71. The first-order chi connectivity index (χ1) is 5.10. The molecule has 0 aromatic carbocycles. The normalized spacial score (nSPS) is 11.3. The van der Waals surface area contributed by atoms with Crippen LogP contribution in [-0.2, 0) is 9.32 Å². The molecule has 66 valence electrons. The molecule has 0 radical (unpaired) electrons.